The van der Waals surface area contributed by atoms with E-state index in [-0.39, 0.29) is 40.9 Å². The molecule has 0 radical (unpaired) electrons. The minimum Gasteiger partial charge on any atom is -0.382 e. The number of H-pyrrole nitrogens is 1. The van der Waals surface area contributed by atoms with Gasteiger partial charge in [0.2, 0.25) is 5.95 Å². The van der Waals surface area contributed by atoms with E-state index in [0.29, 0.717) is 17.2 Å². The number of hydrogen-bond donors (Lipinski definition) is 3. The van der Waals surface area contributed by atoms with Crippen molar-refractivity contribution in [2.24, 2.45) is 10.7 Å². The highest BCUT2D eigenvalue weighted by Crippen LogP contribution is 2.31. The Morgan fingerprint density at radius 1 is 1.06 bits per heavy atom. The van der Waals surface area contributed by atoms with Crippen LogP contribution in [0.2, 0.25) is 0 Å². The highest BCUT2D eigenvalue weighted by molar-refractivity contribution is 6.03. The fraction of sp³-hybridized carbons (Fsp3) is 0.143. The Hall–Kier alpha value is -4.16. The van der Waals surface area contributed by atoms with Gasteiger partial charge in [-0.15, -0.1) is 0 Å². The maximum atomic E-state index is 14.9. The van der Waals surface area contributed by atoms with Crippen molar-refractivity contribution in [3.05, 3.63) is 65.7 Å². The zero-order chi connectivity index (χ0) is 24.2. The minimum atomic E-state index is -4.45. The standard InChI is InChI=1S/C21H15F6N7/c22-11-6-14(24)17-16(7-11)31-20(32-17)30-15-2-1-10(5-13(15)23)12-3-4-34-18(12)19(28)29-9-33(34)8-21(25,26)27/h1-7H,8-9H2,(H2,28,29)(H2,30,31,32). The zero-order valence-corrected chi connectivity index (χ0v) is 17.1. The van der Waals surface area contributed by atoms with E-state index in [9.17, 15) is 26.3 Å². The summed E-state index contributed by atoms with van der Waals surface area (Å²) in [4.78, 5) is 10.6. The number of fused-ring (bicyclic) bond motifs is 2. The first-order chi connectivity index (χ1) is 16.1. The van der Waals surface area contributed by atoms with E-state index >= 15 is 0 Å². The van der Waals surface area contributed by atoms with Crippen LogP contribution in [0.25, 0.3) is 22.2 Å². The number of hydrogen-bond acceptors (Lipinski definition) is 5. The van der Waals surface area contributed by atoms with Gasteiger partial charge in [-0.2, -0.15) is 13.2 Å². The number of alkyl halides is 3. The summed E-state index contributed by atoms with van der Waals surface area (Å²) in [6.07, 6.45) is -3.04. The molecule has 13 heteroatoms. The number of benzene rings is 2. The number of nitrogens with one attached hydrogen (secondary N) is 2. The second-order valence-electron chi connectivity index (χ2n) is 7.58. The third-order valence-corrected chi connectivity index (χ3v) is 5.22. The normalized spacial score (nSPS) is 13.8. The van der Waals surface area contributed by atoms with Crippen LogP contribution in [0.5, 0.6) is 0 Å². The number of anilines is 2. The quantitative estimate of drug-likeness (QED) is 0.380. The van der Waals surface area contributed by atoms with Crippen molar-refractivity contribution in [1.29, 1.82) is 0 Å². The lowest BCUT2D eigenvalue weighted by atomic mass is 10.0. The van der Waals surface area contributed by atoms with Crippen LogP contribution >= 0.6 is 0 Å². The molecule has 0 saturated heterocycles. The summed E-state index contributed by atoms with van der Waals surface area (Å²) in [5.41, 5.74) is 6.85. The van der Waals surface area contributed by atoms with Crippen LogP contribution in [0.3, 0.4) is 0 Å². The van der Waals surface area contributed by atoms with Crippen LogP contribution in [0.4, 0.5) is 38.0 Å². The SMILES string of the molecule is NC1=NCN(CC(F)(F)F)n2ccc(-c3ccc(Nc4nc5c(F)cc(F)cc5[nH]4)c(F)c3)c21. The lowest BCUT2D eigenvalue weighted by Gasteiger charge is -2.30. The molecule has 0 spiro atoms. The number of rotatable bonds is 4. The lowest BCUT2D eigenvalue weighted by Crippen LogP contribution is -2.47. The van der Waals surface area contributed by atoms with E-state index in [0.717, 1.165) is 17.1 Å². The smallest absolute Gasteiger partial charge is 0.382 e. The largest absolute Gasteiger partial charge is 0.407 e. The van der Waals surface area contributed by atoms with Gasteiger partial charge < -0.3 is 16.0 Å². The summed E-state index contributed by atoms with van der Waals surface area (Å²) in [5, 5.41) is 3.63. The lowest BCUT2D eigenvalue weighted by molar-refractivity contribution is -0.122. The number of nitrogens with zero attached hydrogens (tertiary/aromatic N) is 4. The Bertz CT molecular complexity index is 1440. The van der Waals surface area contributed by atoms with Gasteiger partial charge in [0.1, 0.15) is 41.9 Å². The molecule has 2 aromatic heterocycles. The molecule has 4 aromatic rings. The maximum absolute atomic E-state index is 14.9. The van der Waals surface area contributed by atoms with Crippen LogP contribution in [-0.2, 0) is 0 Å². The molecular weight excluding hydrogens is 464 g/mol. The van der Waals surface area contributed by atoms with Crippen LogP contribution in [0, 0.1) is 17.5 Å². The van der Waals surface area contributed by atoms with Crippen LogP contribution in [-0.4, -0.2) is 39.9 Å². The molecule has 4 N–H and O–H groups in total. The molecule has 0 aliphatic carbocycles. The number of imidazole rings is 1. The highest BCUT2D eigenvalue weighted by Gasteiger charge is 2.34. The van der Waals surface area contributed by atoms with Gasteiger partial charge in [0, 0.05) is 17.8 Å². The van der Waals surface area contributed by atoms with E-state index in [1.54, 1.807) is 0 Å². The van der Waals surface area contributed by atoms with Gasteiger partial charge in [-0.3, -0.25) is 9.69 Å². The Kier molecular flexibility index (Phi) is 4.92. The van der Waals surface area contributed by atoms with Gasteiger partial charge in [-0.05, 0) is 29.8 Å². The zero-order valence-electron chi connectivity index (χ0n) is 17.1. The molecule has 0 bridgehead atoms. The monoisotopic (exact) mass is 479 g/mol. The third-order valence-electron chi connectivity index (χ3n) is 5.22. The molecule has 0 atom stereocenters. The second-order valence-corrected chi connectivity index (χ2v) is 7.58. The van der Waals surface area contributed by atoms with E-state index in [1.165, 1.54) is 29.1 Å². The van der Waals surface area contributed by atoms with Crippen molar-refractivity contribution in [3.8, 4) is 11.1 Å². The molecule has 7 nitrogen and oxygen atoms in total. The van der Waals surface area contributed by atoms with Crippen LogP contribution in [0.1, 0.15) is 5.69 Å². The Morgan fingerprint density at radius 3 is 2.59 bits per heavy atom. The summed E-state index contributed by atoms with van der Waals surface area (Å²) in [7, 11) is 0. The minimum absolute atomic E-state index is 0.00781. The number of aromatic nitrogens is 3. The molecule has 1 aliphatic rings. The molecule has 0 amide bonds. The average Bonchev–Trinajstić information content (AvgIpc) is 3.36. The number of amidine groups is 1. The Labute approximate surface area is 187 Å². The topological polar surface area (TPSA) is 87.3 Å². The average molecular weight is 479 g/mol. The summed E-state index contributed by atoms with van der Waals surface area (Å²) >= 11 is 0. The molecule has 34 heavy (non-hydrogen) atoms. The summed E-state index contributed by atoms with van der Waals surface area (Å²) < 4.78 is 82.1. The summed E-state index contributed by atoms with van der Waals surface area (Å²) in [6, 6.07) is 7.33. The Balaban J connectivity index is 1.45. The van der Waals surface area contributed by atoms with E-state index < -0.39 is 30.2 Å². The van der Waals surface area contributed by atoms with Crippen molar-refractivity contribution in [3.63, 3.8) is 0 Å². The number of aromatic amines is 1. The van der Waals surface area contributed by atoms with E-state index in [4.69, 9.17) is 5.73 Å². The first kappa shape index (κ1) is 21.7. The van der Waals surface area contributed by atoms with Gasteiger partial charge in [0.25, 0.3) is 0 Å². The Morgan fingerprint density at radius 2 is 1.85 bits per heavy atom. The van der Waals surface area contributed by atoms with E-state index in [1.807, 2.05) is 0 Å². The molecule has 176 valence electrons. The maximum Gasteiger partial charge on any atom is 0.407 e. The van der Waals surface area contributed by atoms with Gasteiger partial charge in [-0.1, -0.05) is 6.07 Å². The number of nitrogens with two attached hydrogens (primary N) is 1. The highest BCUT2D eigenvalue weighted by atomic mass is 19.4. The fourth-order valence-electron chi connectivity index (χ4n) is 3.79. The van der Waals surface area contributed by atoms with Crippen molar-refractivity contribution >= 4 is 28.5 Å². The van der Waals surface area contributed by atoms with Crippen molar-refractivity contribution < 1.29 is 26.3 Å². The third kappa shape index (κ3) is 3.89. The van der Waals surface area contributed by atoms with Crippen LogP contribution < -0.4 is 16.1 Å². The molecular formula is C21H15F6N7. The van der Waals surface area contributed by atoms with Gasteiger partial charge in [0.05, 0.1) is 11.2 Å². The molecule has 0 saturated carbocycles. The predicted octanol–water partition coefficient (Wildman–Crippen LogP) is 4.37. The molecule has 0 fully saturated rings. The van der Waals surface area contributed by atoms with Crippen molar-refractivity contribution in [2.45, 2.75) is 6.18 Å². The van der Waals surface area contributed by atoms with E-state index in [2.05, 4.69) is 20.3 Å². The first-order valence-corrected chi connectivity index (χ1v) is 9.84. The summed E-state index contributed by atoms with van der Waals surface area (Å²) in [5.74, 6) is -2.36. The van der Waals surface area contributed by atoms with Gasteiger partial charge in [0.15, 0.2) is 5.82 Å². The number of aliphatic imine (C=N–C) groups is 1. The van der Waals surface area contributed by atoms with Crippen LogP contribution in [0.15, 0.2) is 47.6 Å². The summed E-state index contributed by atoms with van der Waals surface area (Å²) in [6.45, 7) is -1.50. The van der Waals surface area contributed by atoms with Gasteiger partial charge in [-0.25, -0.2) is 23.1 Å². The molecule has 2 aromatic carbocycles. The molecule has 0 unspecified atom stereocenters. The first-order valence-electron chi connectivity index (χ1n) is 9.84. The molecule has 3 heterocycles. The molecule has 5 rings (SSSR count). The molecule has 1 aliphatic heterocycles. The second kappa shape index (κ2) is 7.71. The van der Waals surface area contributed by atoms with Crippen molar-refractivity contribution in [2.75, 3.05) is 23.5 Å². The van der Waals surface area contributed by atoms with Gasteiger partial charge >= 0.3 is 6.18 Å². The van der Waals surface area contributed by atoms with Crippen molar-refractivity contribution in [1.82, 2.24) is 14.6 Å². The predicted molar refractivity (Wildman–Crippen MR) is 114 cm³/mol. The number of halogens is 6. The fourth-order valence-corrected chi connectivity index (χ4v) is 3.79.